The van der Waals surface area contributed by atoms with Crippen LogP contribution in [0.4, 0.5) is 4.39 Å². The van der Waals surface area contributed by atoms with Gasteiger partial charge in [0.25, 0.3) is 0 Å². The lowest BCUT2D eigenvalue weighted by atomic mass is 10.1. The minimum absolute atomic E-state index is 0. The van der Waals surface area contributed by atoms with E-state index in [1.165, 1.54) is 12.1 Å². The summed E-state index contributed by atoms with van der Waals surface area (Å²) in [6, 6.07) is 10.5. The Morgan fingerprint density at radius 1 is 1.23 bits per heavy atom. The Morgan fingerprint density at radius 2 is 2.06 bits per heavy atom. The molecule has 1 aromatic carbocycles. The Labute approximate surface area is 198 Å². The molecule has 0 aliphatic carbocycles. The van der Waals surface area contributed by atoms with Crippen molar-refractivity contribution in [3.8, 4) is 0 Å². The minimum atomic E-state index is -0.256. The van der Waals surface area contributed by atoms with Gasteiger partial charge in [0.15, 0.2) is 5.96 Å². The van der Waals surface area contributed by atoms with E-state index in [-0.39, 0.29) is 42.2 Å². The second-order valence-electron chi connectivity index (χ2n) is 6.99. The van der Waals surface area contributed by atoms with Crippen molar-refractivity contribution in [2.24, 2.45) is 4.99 Å². The number of guanidine groups is 1. The number of hydrogen-bond donors (Lipinski definition) is 3. The van der Waals surface area contributed by atoms with E-state index in [4.69, 9.17) is 0 Å². The summed E-state index contributed by atoms with van der Waals surface area (Å²) in [5.41, 5.74) is 2.84. The summed E-state index contributed by atoms with van der Waals surface area (Å²) in [7, 11) is 3.45. The van der Waals surface area contributed by atoms with Crippen molar-refractivity contribution in [1.82, 2.24) is 25.5 Å². The van der Waals surface area contributed by atoms with Gasteiger partial charge in [0, 0.05) is 62.6 Å². The Hall–Kier alpha value is -2.69. The third kappa shape index (κ3) is 7.20. The van der Waals surface area contributed by atoms with E-state index in [1.54, 1.807) is 31.3 Å². The largest absolute Gasteiger partial charge is 0.361 e. The molecule has 0 spiro atoms. The lowest BCUT2D eigenvalue weighted by molar-refractivity contribution is -0.128. The van der Waals surface area contributed by atoms with Crippen molar-refractivity contribution in [2.75, 3.05) is 33.7 Å². The quantitative estimate of drug-likeness (QED) is 0.234. The van der Waals surface area contributed by atoms with Crippen molar-refractivity contribution in [1.29, 1.82) is 0 Å². The van der Waals surface area contributed by atoms with E-state index in [0.717, 1.165) is 28.6 Å². The number of carbonyl (C=O) groups is 1. The number of carbonyl (C=O) groups excluding carboxylic acids is 1. The molecule has 0 saturated heterocycles. The maximum atomic E-state index is 13.3. The highest BCUT2D eigenvalue weighted by molar-refractivity contribution is 14.0. The lowest BCUT2D eigenvalue weighted by Gasteiger charge is -2.18. The molecule has 31 heavy (non-hydrogen) atoms. The fourth-order valence-electron chi connectivity index (χ4n) is 3.15. The van der Waals surface area contributed by atoms with Crippen LogP contribution in [0, 0.1) is 5.82 Å². The third-order valence-corrected chi connectivity index (χ3v) is 4.90. The second-order valence-corrected chi connectivity index (χ2v) is 6.99. The predicted octanol–water partition coefficient (Wildman–Crippen LogP) is 2.73. The van der Waals surface area contributed by atoms with Crippen molar-refractivity contribution in [2.45, 2.75) is 12.8 Å². The van der Waals surface area contributed by atoms with E-state index < -0.39 is 0 Å². The zero-order valence-electron chi connectivity index (χ0n) is 17.7. The maximum absolute atomic E-state index is 13.3. The summed E-state index contributed by atoms with van der Waals surface area (Å²) >= 11 is 0. The molecule has 0 unspecified atom stereocenters. The predicted molar refractivity (Wildman–Crippen MR) is 132 cm³/mol. The van der Waals surface area contributed by atoms with E-state index in [9.17, 15) is 9.18 Å². The van der Waals surface area contributed by atoms with Crippen molar-refractivity contribution in [3.63, 3.8) is 0 Å². The molecule has 0 fully saturated rings. The van der Waals surface area contributed by atoms with Crippen LogP contribution < -0.4 is 10.6 Å². The van der Waals surface area contributed by atoms with Crippen LogP contribution in [0.2, 0.25) is 0 Å². The summed E-state index contributed by atoms with van der Waals surface area (Å²) in [6.45, 7) is 1.39. The molecule has 0 aliphatic heterocycles. The molecule has 0 saturated carbocycles. The van der Waals surface area contributed by atoms with Crippen LogP contribution >= 0.6 is 24.0 Å². The Balaban J connectivity index is 0.00000341. The number of aromatic nitrogens is 2. The number of rotatable bonds is 8. The van der Waals surface area contributed by atoms with E-state index in [2.05, 4.69) is 25.6 Å². The SMILES string of the molecule is CN=C(NCCc1c[nH]c2cc(F)ccc12)NCC(=O)N(C)CCc1ccccn1.I. The molecule has 9 heteroatoms. The zero-order valence-corrected chi connectivity index (χ0v) is 20.0. The maximum Gasteiger partial charge on any atom is 0.241 e. The first-order valence-electron chi connectivity index (χ1n) is 9.90. The Bertz CT molecular complexity index is 1010. The third-order valence-electron chi connectivity index (χ3n) is 4.90. The van der Waals surface area contributed by atoms with Crippen molar-refractivity contribution < 1.29 is 9.18 Å². The topological polar surface area (TPSA) is 85.4 Å². The molecule has 7 nitrogen and oxygen atoms in total. The molecule has 3 aromatic rings. The van der Waals surface area contributed by atoms with Gasteiger partial charge in [-0.2, -0.15) is 0 Å². The van der Waals surface area contributed by atoms with Gasteiger partial charge in [0.2, 0.25) is 5.91 Å². The highest BCUT2D eigenvalue weighted by Crippen LogP contribution is 2.19. The number of nitrogens with zero attached hydrogens (tertiary/aromatic N) is 3. The molecule has 2 heterocycles. The molecule has 3 N–H and O–H groups in total. The molecule has 166 valence electrons. The van der Waals surface area contributed by atoms with E-state index >= 15 is 0 Å². The van der Waals surface area contributed by atoms with Crippen LogP contribution in [-0.4, -0.2) is 60.5 Å². The Kier molecular flexibility index (Phi) is 9.70. The summed E-state index contributed by atoms with van der Waals surface area (Å²) in [5.74, 6) is 0.285. The molecule has 1 amide bonds. The monoisotopic (exact) mass is 538 g/mol. The number of aromatic amines is 1. The van der Waals surface area contributed by atoms with Crippen LogP contribution in [-0.2, 0) is 17.6 Å². The van der Waals surface area contributed by atoms with Crippen LogP contribution in [0.3, 0.4) is 0 Å². The normalized spacial score (nSPS) is 11.1. The Morgan fingerprint density at radius 3 is 2.81 bits per heavy atom. The molecular formula is C22H28FIN6O. The smallest absolute Gasteiger partial charge is 0.241 e. The van der Waals surface area contributed by atoms with Gasteiger partial charge in [-0.3, -0.25) is 14.8 Å². The number of amides is 1. The van der Waals surface area contributed by atoms with Gasteiger partial charge in [-0.05, 0) is 42.3 Å². The van der Waals surface area contributed by atoms with Gasteiger partial charge < -0.3 is 20.5 Å². The first-order chi connectivity index (χ1) is 14.6. The van der Waals surface area contributed by atoms with Crippen molar-refractivity contribution >= 4 is 46.7 Å². The lowest BCUT2D eigenvalue weighted by Crippen LogP contribution is -2.44. The van der Waals surface area contributed by atoms with Gasteiger partial charge in [0.1, 0.15) is 5.82 Å². The summed E-state index contributed by atoms with van der Waals surface area (Å²) in [6.07, 6.45) is 5.10. The van der Waals surface area contributed by atoms with E-state index in [0.29, 0.717) is 25.5 Å². The number of halogens is 2. The number of likely N-dealkylation sites (N-methyl/N-ethyl adjacent to an activating group) is 1. The standard InChI is InChI=1S/C22H27FN6O.HI/c1-24-22(26-11-8-16-14-27-20-13-17(23)6-7-19(16)20)28-15-21(30)29(2)12-9-18-5-3-4-10-25-18;/h3-7,10,13-14,27H,8-9,11-12,15H2,1-2H3,(H2,24,26,28);1H. The molecular weight excluding hydrogens is 510 g/mol. The molecule has 2 aromatic heterocycles. The summed E-state index contributed by atoms with van der Waals surface area (Å²) in [5, 5.41) is 7.26. The van der Waals surface area contributed by atoms with Gasteiger partial charge in [-0.1, -0.05) is 6.07 Å². The molecule has 0 bridgehead atoms. The van der Waals surface area contributed by atoms with Gasteiger partial charge in [-0.15, -0.1) is 24.0 Å². The molecule has 0 radical (unpaired) electrons. The average Bonchev–Trinajstić information content (AvgIpc) is 3.16. The van der Waals surface area contributed by atoms with Gasteiger partial charge in [-0.25, -0.2) is 4.39 Å². The summed E-state index contributed by atoms with van der Waals surface area (Å²) in [4.78, 5) is 25.5. The van der Waals surface area contributed by atoms with Crippen LogP contribution in [0.25, 0.3) is 10.9 Å². The number of benzene rings is 1. The second kappa shape index (κ2) is 12.2. The van der Waals surface area contributed by atoms with Crippen LogP contribution in [0.1, 0.15) is 11.3 Å². The fourth-order valence-corrected chi connectivity index (χ4v) is 3.15. The molecule has 0 atom stereocenters. The van der Waals surface area contributed by atoms with E-state index in [1.807, 2.05) is 24.4 Å². The highest BCUT2D eigenvalue weighted by atomic mass is 127. The van der Waals surface area contributed by atoms with Crippen molar-refractivity contribution in [3.05, 3.63) is 65.9 Å². The van der Waals surface area contributed by atoms with Crippen LogP contribution in [0.5, 0.6) is 0 Å². The zero-order chi connectivity index (χ0) is 21.3. The number of H-pyrrole nitrogens is 1. The number of aliphatic imine (C=N–C) groups is 1. The summed E-state index contributed by atoms with van der Waals surface area (Å²) < 4.78 is 13.3. The first kappa shape index (κ1) is 24.6. The minimum Gasteiger partial charge on any atom is -0.361 e. The highest BCUT2D eigenvalue weighted by Gasteiger charge is 2.10. The number of pyridine rings is 1. The number of hydrogen-bond acceptors (Lipinski definition) is 3. The number of nitrogens with one attached hydrogen (secondary N) is 3. The molecule has 0 aliphatic rings. The van der Waals surface area contributed by atoms with Gasteiger partial charge in [0.05, 0.1) is 6.54 Å². The van der Waals surface area contributed by atoms with Crippen LogP contribution in [0.15, 0.2) is 53.8 Å². The average molecular weight is 538 g/mol. The van der Waals surface area contributed by atoms with Gasteiger partial charge >= 0.3 is 0 Å². The molecule has 3 rings (SSSR count). The number of fused-ring (bicyclic) bond motifs is 1. The first-order valence-corrected chi connectivity index (χ1v) is 9.90. The fraction of sp³-hybridized carbons (Fsp3) is 0.318.